The monoisotopic (exact) mass is 548 g/mol. The van der Waals surface area contributed by atoms with Crippen molar-refractivity contribution in [3.63, 3.8) is 0 Å². The third kappa shape index (κ3) is 7.55. The molecule has 1 aliphatic carbocycles. The van der Waals surface area contributed by atoms with Gasteiger partial charge in [0.25, 0.3) is 0 Å². The van der Waals surface area contributed by atoms with Crippen molar-refractivity contribution in [2.24, 2.45) is 10.9 Å². The molecule has 0 radical (unpaired) electrons. The highest BCUT2D eigenvalue weighted by Crippen LogP contribution is 2.25. The molecule has 1 saturated carbocycles. The van der Waals surface area contributed by atoms with Crippen molar-refractivity contribution in [3.8, 4) is 0 Å². The van der Waals surface area contributed by atoms with Crippen LogP contribution >= 0.6 is 35.3 Å². The van der Waals surface area contributed by atoms with Crippen LogP contribution in [0.25, 0.3) is 0 Å². The van der Waals surface area contributed by atoms with Gasteiger partial charge in [0.2, 0.25) is 5.91 Å². The molecule has 1 saturated heterocycles. The first kappa shape index (κ1) is 25.2. The van der Waals surface area contributed by atoms with Gasteiger partial charge in [-0.1, -0.05) is 6.42 Å². The summed E-state index contributed by atoms with van der Waals surface area (Å²) in [7, 11) is 1.80. The van der Waals surface area contributed by atoms with Crippen LogP contribution in [0.3, 0.4) is 0 Å². The number of thiazole rings is 1. The van der Waals surface area contributed by atoms with Gasteiger partial charge in [-0.2, -0.15) is 0 Å². The number of anilines is 1. The third-order valence-corrected chi connectivity index (χ3v) is 6.58. The number of halogens is 1. The summed E-state index contributed by atoms with van der Waals surface area (Å²) in [6.07, 6.45) is 7.44. The highest BCUT2D eigenvalue weighted by Gasteiger charge is 2.28. The van der Waals surface area contributed by atoms with Gasteiger partial charge in [0.1, 0.15) is 0 Å². The van der Waals surface area contributed by atoms with Crippen LogP contribution in [0.5, 0.6) is 0 Å². The number of hydrogen-bond donors (Lipinski definition) is 3. The Morgan fingerprint density at radius 3 is 2.77 bits per heavy atom. The van der Waals surface area contributed by atoms with E-state index in [0.717, 1.165) is 68.5 Å². The Morgan fingerprint density at radius 1 is 1.30 bits per heavy atom. The van der Waals surface area contributed by atoms with Gasteiger partial charge in [-0.05, 0) is 46.0 Å². The Balaban J connectivity index is 0.00000320. The van der Waals surface area contributed by atoms with E-state index in [1.54, 1.807) is 18.4 Å². The fourth-order valence-electron chi connectivity index (χ4n) is 4.12. The van der Waals surface area contributed by atoms with E-state index in [1.165, 1.54) is 12.8 Å². The van der Waals surface area contributed by atoms with Crippen LogP contribution in [0.15, 0.2) is 10.4 Å². The number of amides is 1. The van der Waals surface area contributed by atoms with Crippen molar-refractivity contribution < 1.29 is 4.79 Å². The summed E-state index contributed by atoms with van der Waals surface area (Å²) in [5.41, 5.74) is 1.14. The number of carbonyl (C=O) groups excluding carboxylic acids is 1. The molecule has 0 aromatic carbocycles. The number of aromatic nitrogens is 1. The molecule has 2 unspecified atom stereocenters. The lowest BCUT2D eigenvalue weighted by molar-refractivity contribution is -0.126. The summed E-state index contributed by atoms with van der Waals surface area (Å²) >= 11 is 1.75. The minimum Gasteiger partial charge on any atom is -0.356 e. The number of rotatable bonds is 7. The summed E-state index contributed by atoms with van der Waals surface area (Å²) in [6, 6.07) is 0.487. The van der Waals surface area contributed by atoms with Crippen LogP contribution in [0.4, 0.5) is 5.13 Å². The lowest BCUT2D eigenvalue weighted by Gasteiger charge is -2.30. The molecule has 9 heteroatoms. The zero-order chi connectivity index (χ0) is 20.6. The van der Waals surface area contributed by atoms with Crippen molar-refractivity contribution in [1.82, 2.24) is 20.9 Å². The second kappa shape index (κ2) is 12.7. The van der Waals surface area contributed by atoms with Gasteiger partial charge < -0.3 is 20.9 Å². The molecule has 30 heavy (non-hydrogen) atoms. The second-order valence-electron chi connectivity index (χ2n) is 8.43. The first-order valence-electron chi connectivity index (χ1n) is 11.0. The average Bonchev–Trinajstić information content (AvgIpc) is 3.38. The maximum absolute atomic E-state index is 12.3. The molecule has 2 atom stereocenters. The molecule has 3 N–H and O–H groups in total. The first-order valence-corrected chi connectivity index (χ1v) is 11.9. The van der Waals surface area contributed by atoms with E-state index < -0.39 is 0 Å². The molecule has 1 aliphatic heterocycles. The number of guanidine groups is 1. The summed E-state index contributed by atoms with van der Waals surface area (Å²) < 4.78 is 0. The van der Waals surface area contributed by atoms with Gasteiger partial charge in [-0.25, -0.2) is 4.98 Å². The molecule has 0 spiro atoms. The number of nitrogens with zero attached hydrogens (tertiary/aromatic N) is 3. The van der Waals surface area contributed by atoms with Crippen molar-refractivity contribution in [2.75, 3.05) is 31.6 Å². The van der Waals surface area contributed by atoms with Crippen LogP contribution in [0.2, 0.25) is 0 Å². The smallest absolute Gasteiger partial charge is 0.223 e. The van der Waals surface area contributed by atoms with Crippen LogP contribution in [-0.4, -0.2) is 55.6 Å². The quantitative estimate of drug-likeness (QED) is 0.277. The molecule has 2 aliphatic rings. The van der Waals surface area contributed by atoms with Gasteiger partial charge in [0.05, 0.1) is 5.69 Å². The van der Waals surface area contributed by atoms with Gasteiger partial charge in [-0.3, -0.25) is 9.79 Å². The molecule has 2 heterocycles. The Kier molecular flexibility index (Phi) is 10.6. The summed E-state index contributed by atoms with van der Waals surface area (Å²) in [6.45, 7) is 7.10. The lowest BCUT2D eigenvalue weighted by Crippen LogP contribution is -2.47. The largest absolute Gasteiger partial charge is 0.356 e. The van der Waals surface area contributed by atoms with Crippen molar-refractivity contribution >= 4 is 52.3 Å². The number of aliphatic imine (C=N–C) groups is 1. The van der Waals surface area contributed by atoms with Crippen LogP contribution in [0, 0.1) is 5.92 Å². The molecule has 1 aromatic heterocycles. The van der Waals surface area contributed by atoms with Crippen molar-refractivity contribution in [3.05, 3.63) is 11.1 Å². The molecular weight excluding hydrogens is 511 g/mol. The number of nitrogens with one attached hydrogen (secondary N) is 3. The summed E-state index contributed by atoms with van der Waals surface area (Å²) in [5.74, 6) is 1.10. The van der Waals surface area contributed by atoms with Gasteiger partial charge in [0.15, 0.2) is 11.1 Å². The SMILES string of the molecule is CN=C(NCCc1csc(N2CCCC2)n1)NC1CCCC(C(=O)NC(C)C)C1.I. The molecule has 1 aromatic rings. The third-order valence-electron chi connectivity index (χ3n) is 5.63. The van der Waals surface area contributed by atoms with E-state index in [2.05, 4.69) is 31.2 Å². The maximum atomic E-state index is 12.3. The standard InChI is InChI=1S/C21H36N6OS.HI/c1-15(2)24-19(28)16-7-6-8-17(13-16)25-20(22-3)23-10-9-18-14-29-21(26-18)27-11-4-5-12-27;/h14-17H,4-13H2,1-3H3,(H,24,28)(H2,22,23,25);1H. The Hall–Kier alpha value is -1.10. The minimum atomic E-state index is 0. The molecule has 1 amide bonds. The fraction of sp³-hybridized carbons (Fsp3) is 0.762. The predicted molar refractivity (Wildman–Crippen MR) is 136 cm³/mol. The maximum Gasteiger partial charge on any atom is 0.223 e. The van der Waals surface area contributed by atoms with Crippen LogP contribution < -0.4 is 20.9 Å². The topological polar surface area (TPSA) is 81.7 Å². The average molecular weight is 549 g/mol. The van der Waals surface area contributed by atoms with Gasteiger partial charge in [0, 0.05) is 56.5 Å². The molecular formula is C21H37IN6OS. The molecule has 0 bridgehead atoms. The predicted octanol–water partition coefficient (Wildman–Crippen LogP) is 3.15. The van der Waals surface area contributed by atoms with Crippen LogP contribution in [0.1, 0.15) is 58.1 Å². The minimum absolute atomic E-state index is 0. The van der Waals surface area contributed by atoms with Crippen LogP contribution in [-0.2, 0) is 11.2 Å². The zero-order valence-electron chi connectivity index (χ0n) is 18.4. The lowest BCUT2D eigenvalue weighted by atomic mass is 9.85. The second-order valence-corrected chi connectivity index (χ2v) is 9.27. The van der Waals surface area contributed by atoms with E-state index in [9.17, 15) is 4.79 Å². The van der Waals surface area contributed by atoms with Crippen molar-refractivity contribution in [1.29, 1.82) is 0 Å². The molecule has 7 nitrogen and oxygen atoms in total. The highest BCUT2D eigenvalue weighted by atomic mass is 127. The van der Waals surface area contributed by atoms with E-state index in [1.807, 2.05) is 13.8 Å². The molecule has 3 rings (SSSR count). The Morgan fingerprint density at radius 2 is 2.07 bits per heavy atom. The highest BCUT2D eigenvalue weighted by molar-refractivity contribution is 14.0. The molecule has 170 valence electrons. The fourth-order valence-corrected chi connectivity index (χ4v) is 5.04. The molecule has 2 fully saturated rings. The Labute approximate surface area is 201 Å². The number of carbonyl (C=O) groups is 1. The Bertz CT molecular complexity index is 689. The summed E-state index contributed by atoms with van der Waals surface area (Å²) in [4.78, 5) is 23.9. The van der Waals surface area contributed by atoms with E-state index in [-0.39, 0.29) is 41.8 Å². The normalized spacial score (nSPS) is 22.0. The van der Waals surface area contributed by atoms with Crippen molar-refractivity contribution in [2.45, 2.75) is 70.9 Å². The zero-order valence-corrected chi connectivity index (χ0v) is 21.6. The van der Waals surface area contributed by atoms with E-state index in [4.69, 9.17) is 4.98 Å². The first-order chi connectivity index (χ1) is 14.0. The van der Waals surface area contributed by atoms with Gasteiger partial charge >= 0.3 is 0 Å². The summed E-state index contributed by atoms with van der Waals surface area (Å²) in [5, 5.41) is 13.3. The number of hydrogen-bond acceptors (Lipinski definition) is 5. The van der Waals surface area contributed by atoms with E-state index >= 15 is 0 Å². The van der Waals surface area contributed by atoms with E-state index in [0.29, 0.717) is 6.04 Å². The van der Waals surface area contributed by atoms with Gasteiger partial charge in [-0.15, -0.1) is 35.3 Å².